The van der Waals surface area contributed by atoms with Crippen LogP contribution >= 0.6 is 11.6 Å². The van der Waals surface area contributed by atoms with E-state index in [1.165, 1.54) is 6.08 Å². The number of carbonyl (C=O) groups is 2. The zero-order valence-electron chi connectivity index (χ0n) is 21.1. The molecule has 39 heavy (non-hydrogen) atoms. The van der Waals surface area contributed by atoms with Crippen LogP contribution < -0.4 is 27.3 Å². The number of hydrogen-bond donors (Lipinski definition) is 4. The number of nitrogen functional groups attached to an aromatic ring is 1. The topological polar surface area (TPSA) is 159 Å². The second-order valence-electron chi connectivity index (χ2n) is 9.45. The molecule has 1 atom stereocenters. The van der Waals surface area contributed by atoms with E-state index in [0.29, 0.717) is 54.0 Å². The molecule has 3 heterocycles. The number of ether oxygens (including phenoxy) is 2. The van der Waals surface area contributed by atoms with Crippen LogP contribution in [0.3, 0.4) is 0 Å². The van der Waals surface area contributed by atoms with E-state index in [-0.39, 0.29) is 18.4 Å². The predicted molar refractivity (Wildman–Crippen MR) is 149 cm³/mol. The van der Waals surface area contributed by atoms with Gasteiger partial charge in [0, 0.05) is 36.5 Å². The number of amides is 2. The average molecular weight is 549 g/mol. The van der Waals surface area contributed by atoms with Crippen molar-refractivity contribution in [2.45, 2.75) is 11.8 Å². The third-order valence-electron chi connectivity index (χ3n) is 6.76. The van der Waals surface area contributed by atoms with Gasteiger partial charge in [0.25, 0.3) is 5.91 Å². The summed E-state index contributed by atoms with van der Waals surface area (Å²) < 4.78 is 11.3. The highest BCUT2D eigenvalue weighted by Crippen LogP contribution is 2.44. The van der Waals surface area contributed by atoms with Gasteiger partial charge in [-0.05, 0) is 59.2 Å². The molecular formula is C28H29ClN6O4. The van der Waals surface area contributed by atoms with Crippen LogP contribution in [-0.2, 0) is 15.2 Å². The number of carbonyl (C=O) groups excluding carboxylic acids is 2. The Morgan fingerprint density at radius 2 is 1.85 bits per heavy atom. The molecule has 11 heteroatoms. The molecule has 1 unspecified atom stereocenters. The molecule has 5 rings (SSSR count). The molecule has 2 aliphatic heterocycles. The number of hydrogen-bond acceptors (Lipinski definition) is 8. The van der Waals surface area contributed by atoms with Crippen molar-refractivity contribution in [2.75, 3.05) is 38.6 Å². The first-order valence-electron chi connectivity index (χ1n) is 12.5. The fraction of sp³-hybridized carbons (Fsp3) is 0.250. The maximum absolute atomic E-state index is 12.8. The molecule has 1 fully saturated rings. The van der Waals surface area contributed by atoms with E-state index in [9.17, 15) is 9.59 Å². The van der Waals surface area contributed by atoms with Gasteiger partial charge in [-0.1, -0.05) is 23.7 Å². The average Bonchev–Trinajstić information content (AvgIpc) is 3.21. The normalized spacial score (nSPS) is 18.0. The monoisotopic (exact) mass is 548 g/mol. The molecule has 2 amide bonds. The van der Waals surface area contributed by atoms with Crippen molar-refractivity contribution < 1.29 is 19.1 Å². The van der Waals surface area contributed by atoms with E-state index in [0.717, 1.165) is 16.7 Å². The van der Waals surface area contributed by atoms with Crippen molar-refractivity contribution in [1.29, 1.82) is 0 Å². The lowest BCUT2D eigenvalue weighted by atomic mass is 9.93. The number of halogens is 1. The minimum absolute atomic E-state index is 0.0296. The van der Waals surface area contributed by atoms with E-state index in [4.69, 9.17) is 38.3 Å². The first kappa shape index (κ1) is 26.6. The molecule has 3 aromatic rings. The molecular weight excluding hydrogens is 520 g/mol. The molecule has 0 radical (unpaired) electrons. The number of anilines is 1. The van der Waals surface area contributed by atoms with Crippen molar-refractivity contribution in [3.05, 3.63) is 82.5 Å². The van der Waals surface area contributed by atoms with Gasteiger partial charge >= 0.3 is 0 Å². The van der Waals surface area contributed by atoms with E-state index >= 15 is 0 Å². The maximum atomic E-state index is 12.8. The third kappa shape index (κ3) is 5.74. The number of nitrogens with one attached hydrogen (secondary N) is 1. The second kappa shape index (κ2) is 11.0. The summed E-state index contributed by atoms with van der Waals surface area (Å²) in [5, 5.41) is 3.11. The van der Waals surface area contributed by atoms with Gasteiger partial charge in [0.15, 0.2) is 6.10 Å². The summed E-state index contributed by atoms with van der Waals surface area (Å²) >= 11 is 6.57. The Bertz CT molecular complexity index is 1400. The van der Waals surface area contributed by atoms with Crippen LogP contribution in [0.25, 0.3) is 17.2 Å². The Kier molecular flexibility index (Phi) is 7.53. The molecule has 2 aliphatic rings. The van der Waals surface area contributed by atoms with Crippen LogP contribution in [0.5, 0.6) is 5.75 Å². The Morgan fingerprint density at radius 3 is 2.54 bits per heavy atom. The van der Waals surface area contributed by atoms with Gasteiger partial charge in [0.1, 0.15) is 17.2 Å². The second-order valence-corrected chi connectivity index (χ2v) is 9.86. The lowest BCUT2D eigenvalue weighted by molar-refractivity contribution is -0.116. The van der Waals surface area contributed by atoms with Gasteiger partial charge in [-0.3, -0.25) is 9.59 Å². The van der Waals surface area contributed by atoms with Gasteiger partial charge in [0.2, 0.25) is 5.91 Å². The van der Waals surface area contributed by atoms with Crippen molar-refractivity contribution in [3.8, 4) is 16.9 Å². The fourth-order valence-electron chi connectivity index (χ4n) is 4.52. The Balaban J connectivity index is 1.27. The Labute approximate surface area is 230 Å². The van der Waals surface area contributed by atoms with Gasteiger partial charge in [-0.25, -0.2) is 4.98 Å². The zero-order valence-corrected chi connectivity index (χ0v) is 21.9. The van der Waals surface area contributed by atoms with Gasteiger partial charge < -0.3 is 36.9 Å². The highest BCUT2D eigenvalue weighted by atomic mass is 35.5. The summed E-state index contributed by atoms with van der Waals surface area (Å²) in [6.45, 7) is 2.31. The number of aromatic nitrogens is 1. The number of fused-ring (bicyclic) bond motifs is 1. The molecule has 202 valence electrons. The van der Waals surface area contributed by atoms with E-state index in [2.05, 4.69) is 10.3 Å². The summed E-state index contributed by atoms with van der Waals surface area (Å²) in [4.78, 5) is 30.9. The highest BCUT2D eigenvalue weighted by Gasteiger charge is 2.44. The van der Waals surface area contributed by atoms with Crippen molar-refractivity contribution in [2.24, 2.45) is 11.5 Å². The molecule has 0 spiro atoms. The molecule has 0 saturated carbocycles. The number of nitrogens with two attached hydrogens (primary N) is 3. The summed E-state index contributed by atoms with van der Waals surface area (Å²) in [6.07, 6.45) is 3.81. The zero-order chi connectivity index (χ0) is 27.6. The number of benzene rings is 2. The van der Waals surface area contributed by atoms with Crippen molar-refractivity contribution in [1.82, 2.24) is 15.2 Å². The van der Waals surface area contributed by atoms with Crippen LogP contribution in [0.2, 0.25) is 5.02 Å². The lowest BCUT2D eigenvalue weighted by Crippen LogP contribution is -2.57. The van der Waals surface area contributed by atoms with Crippen molar-refractivity contribution in [3.63, 3.8) is 0 Å². The van der Waals surface area contributed by atoms with Crippen LogP contribution in [0.4, 0.5) is 5.82 Å². The summed E-state index contributed by atoms with van der Waals surface area (Å²) in [7, 11) is 0. The van der Waals surface area contributed by atoms with Gasteiger partial charge in [-0.2, -0.15) is 0 Å². The minimum atomic E-state index is -1.40. The fourth-order valence-corrected chi connectivity index (χ4v) is 4.78. The van der Waals surface area contributed by atoms with E-state index in [1.807, 2.05) is 18.2 Å². The molecule has 1 aromatic heterocycles. The minimum Gasteiger partial charge on any atom is -0.483 e. The van der Waals surface area contributed by atoms with Crippen LogP contribution in [0.1, 0.15) is 21.5 Å². The molecule has 0 bridgehead atoms. The predicted octanol–water partition coefficient (Wildman–Crippen LogP) is 2.12. The summed E-state index contributed by atoms with van der Waals surface area (Å²) in [5.74, 6) is 0.403. The quantitative estimate of drug-likeness (QED) is 0.269. The molecule has 10 nitrogen and oxygen atoms in total. The van der Waals surface area contributed by atoms with E-state index in [1.54, 1.807) is 47.5 Å². The molecule has 2 aromatic carbocycles. The Morgan fingerprint density at radius 1 is 1.10 bits per heavy atom. The summed E-state index contributed by atoms with van der Waals surface area (Å²) in [5.41, 5.74) is 20.7. The van der Waals surface area contributed by atoms with Crippen LogP contribution in [-0.4, -0.2) is 60.7 Å². The third-order valence-corrected chi connectivity index (χ3v) is 7.05. The number of pyridine rings is 1. The number of nitrogens with zero attached hydrogens (tertiary/aromatic N) is 2. The number of rotatable bonds is 6. The molecule has 1 saturated heterocycles. The standard InChI is InChI=1S/C28H29ClN6O4/c29-22-14-20(18-3-5-19(6-4-18)27(37)35-9-11-38-12-10-35)13-21-26(22)39-23(28(21,31)32)16-34-25(36)8-2-17-1-7-24(30)33-15-17/h1-8,13-15,23H,9-12,16,31-32H2,(H2,30,33)(H,34,36). The smallest absolute Gasteiger partial charge is 0.254 e. The van der Waals surface area contributed by atoms with Crippen LogP contribution in [0.15, 0.2) is 60.8 Å². The van der Waals surface area contributed by atoms with Crippen LogP contribution in [0, 0.1) is 0 Å². The maximum Gasteiger partial charge on any atom is 0.254 e. The SMILES string of the molecule is Nc1ccc(C=CC(=O)NCC2Oc3c(Cl)cc(-c4ccc(C(=O)N5CCOCC5)cc4)cc3C2(N)N)cn1. The van der Waals surface area contributed by atoms with Gasteiger partial charge in [-0.15, -0.1) is 0 Å². The molecule has 0 aliphatic carbocycles. The first-order valence-corrected chi connectivity index (χ1v) is 12.8. The highest BCUT2D eigenvalue weighted by molar-refractivity contribution is 6.32. The van der Waals surface area contributed by atoms with E-state index < -0.39 is 11.8 Å². The molecule has 7 N–H and O–H groups in total. The van der Waals surface area contributed by atoms with Gasteiger partial charge in [0.05, 0.1) is 24.8 Å². The first-order chi connectivity index (χ1) is 18.7. The summed E-state index contributed by atoms with van der Waals surface area (Å²) in [6, 6.07) is 14.3. The lowest BCUT2D eigenvalue weighted by Gasteiger charge is -2.27. The largest absolute Gasteiger partial charge is 0.483 e. The Hall–Kier alpha value is -3.96. The number of morpholine rings is 1. The van der Waals surface area contributed by atoms with Crippen molar-refractivity contribution >= 4 is 35.3 Å².